The summed E-state index contributed by atoms with van der Waals surface area (Å²) in [7, 11) is 0. The van der Waals surface area contributed by atoms with Gasteiger partial charge in [-0.1, -0.05) is 44.2 Å². The van der Waals surface area contributed by atoms with E-state index < -0.39 is 0 Å². The molecule has 0 radical (unpaired) electrons. The van der Waals surface area contributed by atoms with Gasteiger partial charge in [0.15, 0.2) is 5.78 Å². The SMILES string of the molecule is CC(=O)c1cccc(NCCC(=O)Nc2ccccc2C(C)C)c1. The molecule has 0 fully saturated rings. The van der Waals surface area contributed by atoms with Gasteiger partial charge >= 0.3 is 0 Å². The Morgan fingerprint density at radius 2 is 1.79 bits per heavy atom. The van der Waals surface area contributed by atoms with E-state index >= 15 is 0 Å². The first-order valence-electron chi connectivity index (χ1n) is 8.21. The number of anilines is 2. The molecular weight excluding hydrogens is 300 g/mol. The quantitative estimate of drug-likeness (QED) is 0.740. The molecule has 0 bridgehead atoms. The number of amides is 1. The predicted molar refractivity (Wildman–Crippen MR) is 98.7 cm³/mol. The van der Waals surface area contributed by atoms with Crippen molar-refractivity contribution in [1.82, 2.24) is 0 Å². The predicted octanol–water partition coefficient (Wildman–Crippen LogP) is 4.45. The molecule has 4 nitrogen and oxygen atoms in total. The Balaban J connectivity index is 1.88. The summed E-state index contributed by atoms with van der Waals surface area (Å²) in [5.41, 5.74) is 3.51. The Bertz CT molecular complexity index is 723. The Morgan fingerprint density at radius 1 is 1.04 bits per heavy atom. The van der Waals surface area contributed by atoms with E-state index in [0.29, 0.717) is 24.4 Å². The number of ketones is 1. The first-order valence-corrected chi connectivity index (χ1v) is 8.21. The normalized spacial score (nSPS) is 10.5. The van der Waals surface area contributed by atoms with Crippen LogP contribution in [0.4, 0.5) is 11.4 Å². The zero-order valence-electron chi connectivity index (χ0n) is 14.4. The van der Waals surface area contributed by atoms with Gasteiger partial charge in [0.2, 0.25) is 5.91 Å². The average Bonchev–Trinajstić information content (AvgIpc) is 2.55. The monoisotopic (exact) mass is 324 g/mol. The molecule has 2 N–H and O–H groups in total. The lowest BCUT2D eigenvalue weighted by molar-refractivity contribution is -0.115. The summed E-state index contributed by atoms with van der Waals surface area (Å²) in [5, 5.41) is 6.16. The van der Waals surface area contributed by atoms with Crippen molar-refractivity contribution in [2.45, 2.75) is 33.1 Å². The van der Waals surface area contributed by atoms with Crippen molar-refractivity contribution in [2.75, 3.05) is 17.2 Å². The van der Waals surface area contributed by atoms with Crippen LogP contribution in [0.15, 0.2) is 48.5 Å². The standard InChI is InChI=1S/C20H24N2O2/c1-14(2)18-9-4-5-10-19(18)22-20(24)11-12-21-17-8-6-7-16(13-17)15(3)23/h4-10,13-14,21H,11-12H2,1-3H3,(H,22,24). The highest BCUT2D eigenvalue weighted by molar-refractivity contribution is 5.95. The van der Waals surface area contributed by atoms with Crippen LogP contribution in [-0.2, 0) is 4.79 Å². The minimum Gasteiger partial charge on any atom is -0.385 e. The highest BCUT2D eigenvalue weighted by Crippen LogP contribution is 2.23. The van der Waals surface area contributed by atoms with Crippen molar-refractivity contribution < 1.29 is 9.59 Å². The van der Waals surface area contributed by atoms with Gasteiger partial charge in [-0.15, -0.1) is 0 Å². The van der Waals surface area contributed by atoms with Crippen LogP contribution in [-0.4, -0.2) is 18.2 Å². The number of Topliss-reactive ketones (excluding diaryl/α,β-unsaturated/α-hetero) is 1. The number of benzene rings is 2. The van der Waals surface area contributed by atoms with Crippen molar-refractivity contribution >= 4 is 23.1 Å². The van der Waals surface area contributed by atoms with Crippen LogP contribution in [0.2, 0.25) is 0 Å². The molecule has 0 aliphatic heterocycles. The molecule has 126 valence electrons. The van der Waals surface area contributed by atoms with Gasteiger partial charge in [0.1, 0.15) is 0 Å². The fraction of sp³-hybridized carbons (Fsp3) is 0.300. The van der Waals surface area contributed by atoms with E-state index in [0.717, 1.165) is 16.9 Å². The molecule has 0 saturated carbocycles. The fourth-order valence-electron chi connectivity index (χ4n) is 2.50. The van der Waals surface area contributed by atoms with Crippen LogP contribution in [0.1, 0.15) is 49.0 Å². The number of para-hydroxylation sites is 1. The summed E-state index contributed by atoms with van der Waals surface area (Å²) < 4.78 is 0. The Hall–Kier alpha value is -2.62. The molecule has 2 aromatic carbocycles. The first-order chi connectivity index (χ1) is 11.5. The van der Waals surface area contributed by atoms with E-state index in [4.69, 9.17) is 0 Å². The van der Waals surface area contributed by atoms with E-state index in [1.54, 1.807) is 19.1 Å². The second kappa shape index (κ2) is 8.29. The van der Waals surface area contributed by atoms with E-state index in [2.05, 4.69) is 24.5 Å². The molecule has 0 saturated heterocycles. The van der Waals surface area contributed by atoms with Gasteiger partial charge < -0.3 is 10.6 Å². The lowest BCUT2D eigenvalue weighted by atomic mass is 10.0. The zero-order chi connectivity index (χ0) is 17.5. The molecule has 0 spiro atoms. The Kier molecular flexibility index (Phi) is 6.13. The zero-order valence-corrected chi connectivity index (χ0v) is 14.4. The molecule has 0 aromatic heterocycles. The maximum atomic E-state index is 12.1. The smallest absolute Gasteiger partial charge is 0.226 e. The van der Waals surface area contributed by atoms with Gasteiger partial charge in [-0.3, -0.25) is 9.59 Å². The fourth-order valence-corrected chi connectivity index (χ4v) is 2.50. The molecule has 24 heavy (non-hydrogen) atoms. The molecule has 0 unspecified atom stereocenters. The van der Waals surface area contributed by atoms with Gasteiger partial charge in [-0.2, -0.15) is 0 Å². The summed E-state index contributed by atoms with van der Waals surface area (Å²) in [6, 6.07) is 15.2. The first kappa shape index (κ1) is 17.7. The number of hydrogen-bond donors (Lipinski definition) is 2. The number of rotatable bonds is 7. The summed E-state index contributed by atoms with van der Waals surface area (Å²) in [6.45, 7) is 6.26. The third-order valence-electron chi connectivity index (χ3n) is 3.81. The van der Waals surface area contributed by atoms with E-state index in [1.165, 1.54) is 0 Å². The van der Waals surface area contributed by atoms with Crippen LogP contribution >= 0.6 is 0 Å². The third-order valence-corrected chi connectivity index (χ3v) is 3.81. The molecule has 1 amide bonds. The van der Waals surface area contributed by atoms with Crippen LogP contribution in [0.5, 0.6) is 0 Å². The van der Waals surface area contributed by atoms with Crippen LogP contribution < -0.4 is 10.6 Å². The Labute approximate surface area is 143 Å². The maximum absolute atomic E-state index is 12.1. The lowest BCUT2D eigenvalue weighted by Crippen LogP contribution is -2.17. The van der Waals surface area contributed by atoms with Gasteiger partial charge in [-0.05, 0) is 36.6 Å². The average molecular weight is 324 g/mol. The topological polar surface area (TPSA) is 58.2 Å². The molecule has 2 rings (SSSR count). The highest BCUT2D eigenvalue weighted by atomic mass is 16.1. The number of carbonyl (C=O) groups excluding carboxylic acids is 2. The molecular formula is C20H24N2O2. The molecule has 0 aliphatic rings. The van der Waals surface area contributed by atoms with E-state index in [9.17, 15) is 9.59 Å². The molecule has 0 aliphatic carbocycles. The molecule has 0 atom stereocenters. The van der Waals surface area contributed by atoms with Crippen LogP contribution in [0.3, 0.4) is 0 Å². The van der Waals surface area contributed by atoms with Gasteiger partial charge in [-0.25, -0.2) is 0 Å². The summed E-state index contributed by atoms with van der Waals surface area (Å²) in [4.78, 5) is 23.5. The Morgan fingerprint density at radius 3 is 2.50 bits per heavy atom. The van der Waals surface area contributed by atoms with E-state index in [1.807, 2.05) is 36.4 Å². The largest absolute Gasteiger partial charge is 0.385 e. The minimum atomic E-state index is -0.0293. The maximum Gasteiger partial charge on any atom is 0.226 e. The third kappa shape index (κ3) is 4.95. The number of hydrogen-bond acceptors (Lipinski definition) is 3. The lowest BCUT2D eigenvalue weighted by Gasteiger charge is -2.14. The van der Waals surface area contributed by atoms with Crippen molar-refractivity contribution in [3.8, 4) is 0 Å². The minimum absolute atomic E-state index is 0.0293. The van der Waals surface area contributed by atoms with Crippen molar-refractivity contribution in [2.24, 2.45) is 0 Å². The number of nitrogens with one attached hydrogen (secondary N) is 2. The molecule has 2 aromatic rings. The van der Waals surface area contributed by atoms with Crippen molar-refractivity contribution in [3.05, 3.63) is 59.7 Å². The van der Waals surface area contributed by atoms with Gasteiger partial charge in [0.25, 0.3) is 0 Å². The molecule has 0 heterocycles. The molecule has 4 heteroatoms. The highest BCUT2D eigenvalue weighted by Gasteiger charge is 2.09. The van der Waals surface area contributed by atoms with Gasteiger partial charge in [0, 0.05) is 29.9 Å². The van der Waals surface area contributed by atoms with Crippen molar-refractivity contribution in [1.29, 1.82) is 0 Å². The summed E-state index contributed by atoms with van der Waals surface area (Å²) in [5.74, 6) is 0.356. The second-order valence-electron chi connectivity index (χ2n) is 6.10. The second-order valence-corrected chi connectivity index (χ2v) is 6.10. The van der Waals surface area contributed by atoms with E-state index in [-0.39, 0.29) is 11.7 Å². The van der Waals surface area contributed by atoms with Crippen molar-refractivity contribution in [3.63, 3.8) is 0 Å². The van der Waals surface area contributed by atoms with Gasteiger partial charge in [0.05, 0.1) is 0 Å². The summed E-state index contributed by atoms with van der Waals surface area (Å²) >= 11 is 0. The summed E-state index contributed by atoms with van der Waals surface area (Å²) in [6.07, 6.45) is 0.358. The number of carbonyl (C=O) groups is 2. The van der Waals surface area contributed by atoms with Crippen LogP contribution in [0.25, 0.3) is 0 Å². The van der Waals surface area contributed by atoms with Crippen LogP contribution in [0, 0.1) is 0 Å².